The van der Waals surface area contributed by atoms with Crippen molar-refractivity contribution >= 4 is 27.1 Å². The summed E-state index contributed by atoms with van der Waals surface area (Å²) in [7, 11) is -3.99. The number of para-hydroxylation sites is 1. The topological polar surface area (TPSA) is 122 Å². The Hall–Kier alpha value is -3.43. The van der Waals surface area contributed by atoms with Gasteiger partial charge in [0, 0.05) is 18.3 Å². The van der Waals surface area contributed by atoms with E-state index in [2.05, 4.69) is 10.0 Å². The van der Waals surface area contributed by atoms with E-state index < -0.39 is 26.7 Å². The summed E-state index contributed by atoms with van der Waals surface area (Å²) in [6.07, 6.45) is -0.876. The monoisotopic (exact) mass is 413 g/mol. The van der Waals surface area contributed by atoms with Crippen LogP contribution in [0.25, 0.3) is 0 Å². The molecule has 3 rings (SSSR count). The molecule has 0 heterocycles. The highest BCUT2D eigenvalue weighted by Crippen LogP contribution is 2.29. The molecule has 0 amide bonds. The molecule has 0 spiro atoms. The van der Waals surface area contributed by atoms with Gasteiger partial charge in [-0.2, -0.15) is 0 Å². The summed E-state index contributed by atoms with van der Waals surface area (Å²) in [5.74, 6) is 0. The maximum Gasteiger partial charge on any atom is 0.293 e. The summed E-state index contributed by atoms with van der Waals surface area (Å²) in [5.41, 5.74) is 0.724. The van der Waals surface area contributed by atoms with E-state index in [-0.39, 0.29) is 17.1 Å². The zero-order valence-electron chi connectivity index (χ0n) is 15.2. The number of aliphatic hydroxyl groups excluding tert-OH is 1. The number of nitro groups is 1. The Labute approximate surface area is 168 Å². The summed E-state index contributed by atoms with van der Waals surface area (Å²) >= 11 is 0. The lowest BCUT2D eigenvalue weighted by Crippen LogP contribution is -2.15. The van der Waals surface area contributed by atoms with Gasteiger partial charge >= 0.3 is 0 Å². The van der Waals surface area contributed by atoms with Gasteiger partial charge in [0.05, 0.1) is 15.9 Å². The van der Waals surface area contributed by atoms with Crippen molar-refractivity contribution in [3.05, 3.63) is 94.5 Å². The van der Waals surface area contributed by atoms with Crippen LogP contribution in [0.1, 0.15) is 11.7 Å². The molecule has 0 aromatic heterocycles. The molecule has 0 saturated carbocycles. The van der Waals surface area contributed by atoms with Gasteiger partial charge in [-0.05, 0) is 29.8 Å². The Morgan fingerprint density at radius 2 is 1.59 bits per heavy atom. The molecule has 150 valence electrons. The molecule has 0 fully saturated rings. The highest BCUT2D eigenvalue weighted by Gasteiger charge is 2.22. The van der Waals surface area contributed by atoms with Crippen molar-refractivity contribution in [3.8, 4) is 0 Å². The summed E-state index contributed by atoms with van der Waals surface area (Å²) in [4.78, 5) is 10.6. The standard InChI is InChI=1S/C20H19N3O5S/c24-20(15-7-3-1-4-8-15)14-21-18-12-11-17(13-19(18)23(25)26)29(27,28)22-16-9-5-2-6-10-16/h1-13,20-22,24H,14H2/t20-/m0/s1. The van der Waals surface area contributed by atoms with E-state index in [9.17, 15) is 23.6 Å². The van der Waals surface area contributed by atoms with Gasteiger partial charge in [0.15, 0.2) is 0 Å². The quantitative estimate of drug-likeness (QED) is 0.384. The highest BCUT2D eigenvalue weighted by molar-refractivity contribution is 7.92. The molecular weight excluding hydrogens is 394 g/mol. The number of rotatable bonds is 8. The van der Waals surface area contributed by atoms with Crippen molar-refractivity contribution in [1.29, 1.82) is 0 Å². The second-order valence-corrected chi connectivity index (χ2v) is 7.90. The van der Waals surface area contributed by atoms with Gasteiger partial charge in [0.1, 0.15) is 5.69 Å². The van der Waals surface area contributed by atoms with Crippen molar-refractivity contribution < 1.29 is 18.4 Å². The Morgan fingerprint density at radius 1 is 0.966 bits per heavy atom. The van der Waals surface area contributed by atoms with Crippen molar-refractivity contribution in [1.82, 2.24) is 0 Å². The predicted octanol–water partition coefficient (Wildman–Crippen LogP) is 3.54. The van der Waals surface area contributed by atoms with Crippen LogP contribution in [0, 0.1) is 10.1 Å². The maximum absolute atomic E-state index is 12.5. The minimum absolute atomic E-state index is 0.0270. The van der Waals surface area contributed by atoms with Crippen molar-refractivity contribution in [3.63, 3.8) is 0 Å². The van der Waals surface area contributed by atoms with E-state index in [1.807, 2.05) is 6.07 Å². The smallest absolute Gasteiger partial charge is 0.293 e. The molecule has 3 aromatic rings. The molecule has 0 unspecified atom stereocenters. The summed E-state index contributed by atoms with van der Waals surface area (Å²) in [5, 5.41) is 24.5. The fraction of sp³-hybridized carbons (Fsp3) is 0.100. The van der Waals surface area contributed by atoms with E-state index in [0.717, 1.165) is 6.07 Å². The first-order valence-corrected chi connectivity index (χ1v) is 10.2. The number of hydrogen-bond acceptors (Lipinski definition) is 6. The average molecular weight is 413 g/mol. The third-order valence-corrected chi connectivity index (χ3v) is 5.55. The lowest BCUT2D eigenvalue weighted by atomic mass is 10.1. The van der Waals surface area contributed by atoms with Crippen LogP contribution in [0.3, 0.4) is 0 Å². The average Bonchev–Trinajstić information content (AvgIpc) is 2.72. The number of anilines is 2. The Bertz CT molecular complexity index is 1090. The first kappa shape index (κ1) is 20.3. The van der Waals surface area contributed by atoms with Gasteiger partial charge in [-0.3, -0.25) is 14.8 Å². The zero-order chi connectivity index (χ0) is 20.9. The van der Waals surface area contributed by atoms with Crippen LogP contribution in [0.5, 0.6) is 0 Å². The van der Waals surface area contributed by atoms with Gasteiger partial charge in [0.2, 0.25) is 0 Å². The summed E-state index contributed by atoms with van der Waals surface area (Å²) in [6.45, 7) is 0.0270. The Morgan fingerprint density at radius 3 is 2.21 bits per heavy atom. The molecule has 29 heavy (non-hydrogen) atoms. The van der Waals surface area contributed by atoms with Crippen LogP contribution in [0.4, 0.5) is 17.1 Å². The maximum atomic E-state index is 12.5. The van der Waals surface area contributed by atoms with E-state index in [1.54, 1.807) is 54.6 Å². The second kappa shape index (κ2) is 8.72. The SMILES string of the molecule is O=[N+]([O-])c1cc(S(=O)(=O)Nc2ccccc2)ccc1NC[C@H](O)c1ccccc1. The van der Waals surface area contributed by atoms with E-state index in [0.29, 0.717) is 11.3 Å². The minimum Gasteiger partial charge on any atom is -0.387 e. The van der Waals surface area contributed by atoms with Gasteiger partial charge < -0.3 is 10.4 Å². The second-order valence-electron chi connectivity index (χ2n) is 6.21. The van der Waals surface area contributed by atoms with Crippen molar-refractivity contribution in [2.24, 2.45) is 0 Å². The third-order valence-electron chi connectivity index (χ3n) is 4.17. The first-order valence-electron chi connectivity index (χ1n) is 8.70. The molecule has 0 aliphatic heterocycles. The fourth-order valence-corrected chi connectivity index (χ4v) is 3.78. The van der Waals surface area contributed by atoms with Crippen LogP contribution in [0.2, 0.25) is 0 Å². The molecule has 0 aliphatic rings. The lowest BCUT2D eigenvalue weighted by Gasteiger charge is -2.14. The molecule has 3 aromatic carbocycles. The molecule has 0 radical (unpaired) electrons. The minimum atomic E-state index is -3.99. The Balaban J connectivity index is 1.81. The van der Waals surface area contributed by atoms with Crippen LogP contribution >= 0.6 is 0 Å². The van der Waals surface area contributed by atoms with Crippen molar-refractivity contribution in [2.45, 2.75) is 11.0 Å². The zero-order valence-corrected chi connectivity index (χ0v) is 16.0. The summed E-state index contributed by atoms with van der Waals surface area (Å²) in [6, 6.07) is 20.7. The van der Waals surface area contributed by atoms with Crippen LogP contribution in [-0.4, -0.2) is 25.0 Å². The molecule has 8 nitrogen and oxygen atoms in total. The fourth-order valence-electron chi connectivity index (χ4n) is 2.70. The molecule has 0 aliphatic carbocycles. The first-order chi connectivity index (χ1) is 13.9. The van der Waals surface area contributed by atoms with Crippen LogP contribution < -0.4 is 10.0 Å². The molecule has 1 atom stereocenters. The number of aliphatic hydroxyl groups is 1. The summed E-state index contributed by atoms with van der Waals surface area (Å²) < 4.78 is 27.5. The van der Waals surface area contributed by atoms with Crippen LogP contribution in [-0.2, 0) is 10.0 Å². The molecule has 3 N–H and O–H groups in total. The number of nitro benzene ring substituents is 1. The lowest BCUT2D eigenvalue weighted by molar-refractivity contribution is -0.384. The van der Waals surface area contributed by atoms with E-state index in [4.69, 9.17) is 0 Å². The van der Waals surface area contributed by atoms with Gasteiger partial charge in [-0.25, -0.2) is 8.42 Å². The number of benzene rings is 3. The van der Waals surface area contributed by atoms with E-state index >= 15 is 0 Å². The van der Waals surface area contributed by atoms with Crippen LogP contribution in [0.15, 0.2) is 83.8 Å². The molecule has 0 bridgehead atoms. The van der Waals surface area contributed by atoms with E-state index in [1.165, 1.54) is 12.1 Å². The Kier molecular flexibility index (Phi) is 6.10. The number of sulfonamides is 1. The predicted molar refractivity (Wildman–Crippen MR) is 110 cm³/mol. The molecule has 0 saturated heterocycles. The van der Waals surface area contributed by atoms with Gasteiger partial charge in [-0.15, -0.1) is 0 Å². The van der Waals surface area contributed by atoms with Gasteiger partial charge in [-0.1, -0.05) is 48.5 Å². The van der Waals surface area contributed by atoms with Gasteiger partial charge in [0.25, 0.3) is 15.7 Å². The largest absolute Gasteiger partial charge is 0.387 e. The number of nitrogens with one attached hydrogen (secondary N) is 2. The highest BCUT2D eigenvalue weighted by atomic mass is 32.2. The van der Waals surface area contributed by atoms with Crippen molar-refractivity contribution in [2.75, 3.05) is 16.6 Å². The number of nitrogens with zero attached hydrogens (tertiary/aromatic N) is 1. The third kappa shape index (κ3) is 5.09. The molecular formula is C20H19N3O5S. The molecule has 9 heteroatoms. The normalized spacial score (nSPS) is 12.2. The number of hydrogen-bond donors (Lipinski definition) is 3.